The average molecular weight is 599 g/mol. The minimum absolute atomic E-state index is 0.136. The fourth-order valence-electron chi connectivity index (χ4n) is 4.56. The molecular weight excluding hydrogens is 575 g/mol. The molecular formula is C31H23FN4O4S2. The number of aromatic nitrogens is 3. The van der Waals surface area contributed by atoms with Gasteiger partial charge < -0.3 is 9.15 Å². The number of halogens is 1. The van der Waals surface area contributed by atoms with Gasteiger partial charge in [-0.2, -0.15) is 0 Å². The van der Waals surface area contributed by atoms with Crippen molar-refractivity contribution in [3.63, 3.8) is 0 Å². The first-order valence-corrected chi connectivity index (χ1v) is 14.7. The normalized spacial score (nSPS) is 14.9. The summed E-state index contributed by atoms with van der Waals surface area (Å²) in [6.45, 7) is 3.73. The highest BCUT2D eigenvalue weighted by Crippen LogP contribution is 2.35. The van der Waals surface area contributed by atoms with Gasteiger partial charge in [-0.1, -0.05) is 53.8 Å². The van der Waals surface area contributed by atoms with Crippen LogP contribution in [0.5, 0.6) is 0 Å². The van der Waals surface area contributed by atoms with Gasteiger partial charge in [-0.05, 0) is 61.5 Å². The smallest absolute Gasteiger partial charge is 0.338 e. The molecule has 1 aliphatic heterocycles. The summed E-state index contributed by atoms with van der Waals surface area (Å²) in [7, 11) is 0. The monoisotopic (exact) mass is 598 g/mol. The molecule has 0 saturated heterocycles. The van der Waals surface area contributed by atoms with Crippen LogP contribution in [0.2, 0.25) is 0 Å². The van der Waals surface area contributed by atoms with Crippen LogP contribution in [-0.4, -0.2) is 27.1 Å². The molecule has 0 aliphatic carbocycles. The van der Waals surface area contributed by atoms with E-state index in [1.54, 1.807) is 43.5 Å². The quantitative estimate of drug-likeness (QED) is 0.194. The molecule has 1 atom stereocenters. The van der Waals surface area contributed by atoms with Crippen LogP contribution in [0, 0.1) is 12.7 Å². The van der Waals surface area contributed by atoms with Crippen molar-refractivity contribution in [3.05, 3.63) is 133 Å². The van der Waals surface area contributed by atoms with Gasteiger partial charge in [0.15, 0.2) is 15.1 Å². The molecule has 0 saturated carbocycles. The van der Waals surface area contributed by atoms with E-state index >= 15 is 0 Å². The number of hydrogen-bond donors (Lipinski definition) is 0. The van der Waals surface area contributed by atoms with Crippen LogP contribution in [0.25, 0.3) is 11.8 Å². The van der Waals surface area contributed by atoms with Gasteiger partial charge in [0.1, 0.15) is 11.6 Å². The Kier molecular flexibility index (Phi) is 7.68. The Morgan fingerprint density at radius 1 is 1.12 bits per heavy atom. The van der Waals surface area contributed by atoms with E-state index in [1.807, 2.05) is 43.3 Å². The van der Waals surface area contributed by atoms with Gasteiger partial charge in [0.25, 0.3) is 5.56 Å². The maximum atomic E-state index is 13.9. The topological polar surface area (TPSA) is 99.6 Å². The van der Waals surface area contributed by atoms with Gasteiger partial charge in [-0.25, -0.2) is 24.1 Å². The number of hydrogen-bond acceptors (Lipinski definition) is 9. The average Bonchev–Trinajstić information content (AvgIpc) is 3.56. The second-order valence-electron chi connectivity index (χ2n) is 9.22. The van der Waals surface area contributed by atoms with E-state index in [0.29, 0.717) is 42.2 Å². The van der Waals surface area contributed by atoms with Gasteiger partial charge >= 0.3 is 5.97 Å². The predicted octanol–water partition coefficient (Wildman–Crippen LogP) is 4.92. The fraction of sp³-hybridized carbons (Fsp3) is 0.129. The number of nitrogens with zero attached hydrogens (tertiary/aromatic N) is 4. The first-order valence-electron chi connectivity index (χ1n) is 13.0. The molecule has 0 unspecified atom stereocenters. The summed E-state index contributed by atoms with van der Waals surface area (Å²) in [5.74, 6) is -0.574. The van der Waals surface area contributed by atoms with Crippen molar-refractivity contribution in [1.82, 2.24) is 14.5 Å². The predicted molar refractivity (Wildman–Crippen MR) is 157 cm³/mol. The lowest BCUT2D eigenvalue weighted by Crippen LogP contribution is -2.40. The molecule has 42 heavy (non-hydrogen) atoms. The Morgan fingerprint density at radius 3 is 2.64 bits per heavy atom. The summed E-state index contributed by atoms with van der Waals surface area (Å²) >= 11 is 2.45. The zero-order valence-electron chi connectivity index (χ0n) is 22.5. The zero-order valence-corrected chi connectivity index (χ0v) is 24.1. The second kappa shape index (κ2) is 11.7. The molecule has 0 bridgehead atoms. The molecule has 0 radical (unpaired) electrons. The van der Waals surface area contributed by atoms with Crippen molar-refractivity contribution < 1.29 is 18.3 Å². The van der Waals surface area contributed by atoms with Crippen molar-refractivity contribution in [3.8, 4) is 0 Å². The van der Waals surface area contributed by atoms with E-state index in [2.05, 4.69) is 9.97 Å². The molecule has 0 fully saturated rings. The highest BCUT2D eigenvalue weighted by atomic mass is 32.2. The minimum Gasteiger partial charge on any atom is -0.463 e. The molecule has 0 spiro atoms. The van der Waals surface area contributed by atoms with E-state index in [0.717, 1.165) is 5.69 Å². The minimum atomic E-state index is -0.889. The van der Waals surface area contributed by atoms with E-state index < -0.39 is 17.8 Å². The lowest BCUT2D eigenvalue weighted by atomic mass is 9.93. The number of fused-ring (bicyclic) bond motifs is 1. The number of ether oxygens (including phenoxy) is 1. The Bertz CT molecular complexity index is 2000. The molecule has 6 rings (SSSR count). The number of benzene rings is 2. The Hall–Kier alpha value is -4.61. The lowest BCUT2D eigenvalue weighted by Gasteiger charge is -2.25. The number of esters is 1. The lowest BCUT2D eigenvalue weighted by molar-refractivity contribution is -0.138. The molecule has 0 N–H and O–H groups in total. The van der Waals surface area contributed by atoms with Gasteiger partial charge in [0, 0.05) is 23.5 Å². The molecule has 2 aromatic carbocycles. The van der Waals surface area contributed by atoms with Crippen LogP contribution in [-0.2, 0) is 9.53 Å². The molecule has 3 aromatic heterocycles. The molecule has 1 aliphatic rings. The molecule has 0 amide bonds. The third-order valence-electron chi connectivity index (χ3n) is 6.40. The number of furan rings is 1. The number of thiazole rings is 1. The van der Waals surface area contributed by atoms with Crippen LogP contribution in [0.4, 0.5) is 4.39 Å². The molecule has 8 nitrogen and oxygen atoms in total. The standard InChI is InChI=1S/C31H23FN4O4S2/c1-3-39-29(38)25-26(19-7-5-4-6-8-19)35-31-36(27(25)20-9-11-21(32)12-10-20)28(37)23(41-31)17-22-13-14-24(40-22)42-30-33-16-15-18(2)34-30/h4-17,27H,3H2,1-2H3/b23-17+/t27-/m1/s1. The van der Waals surface area contributed by atoms with Crippen LogP contribution in [0.1, 0.15) is 35.5 Å². The largest absolute Gasteiger partial charge is 0.463 e. The van der Waals surface area contributed by atoms with E-state index in [-0.39, 0.29) is 17.7 Å². The van der Waals surface area contributed by atoms with E-state index in [4.69, 9.17) is 14.1 Å². The SMILES string of the molecule is CCOC(=O)C1=C(c2ccccc2)N=c2s/c(=C/c3ccc(Sc4nccc(C)n4)o3)c(=O)n2[C@@H]1c1ccc(F)cc1. The summed E-state index contributed by atoms with van der Waals surface area (Å²) in [4.78, 5) is 41.2. The third kappa shape index (κ3) is 5.48. The maximum Gasteiger partial charge on any atom is 0.338 e. The van der Waals surface area contributed by atoms with Crippen molar-refractivity contribution in [2.24, 2.45) is 4.99 Å². The number of carbonyl (C=O) groups excluding carboxylic acids is 1. The van der Waals surface area contributed by atoms with Gasteiger partial charge in [0.05, 0.1) is 28.5 Å². The summed E-state index contributed by atoms with van der Waals surface area (Å²) in [5.41, 5.74) is 2.30. The van der Waals surface area contributed by atoms with Crippen LogP contribution < -0.4 is 14.9 Å². The van der Waals surface area contributed by atoms with E-state index in [9.17, 15) is 14.0 Å². The van der Waals surface area contributed by atoms with Gasteiger partial charge in [0.2, 0.25) is 0 Å². The maximum absolute atomic E-state index is 13.9. The van der Waals surface area contributed by atoms with Gasteiger partial charge in [-0.15, -0.1) is 0 Å². The molecule has 4 heterocycles. The summed E-state index contributed by atoms with van der Waals surface area (Å²) in [6, 6.07) is 19.4. The molecule has 5 aromatic rings. The third-order valence-corrected chi connectivity index (χ3v) is 8.18. The molecule has 11 heteroatoms. The summed E-state index contributed by atoms with van der Waals surface area (Å²) in [5, 5.41) is 1.12. The highest BCUT2D eigenvalue weighted by Gasteiger charge is 2.35. The Labute approximate surface area is 247 Å². The molecule has 210 valence electrons. The summed E-state index contributed by atoms with van der Waals surface area (Å²) < 4.78 is 27.2. The van der Waals surface area contributed by atoms with Crippen molar-refractivity contribution in [1.29, 1.82) is 0 Å². The zero-order chi connectivity index (χ0) is 29.2. The first-order chi connectivity index (χ1) is 20.4. The Morgan fingerprint density at radius 2 is 1.90 bits per heavy atom. The van der Waals surface area contributed by atoms with Crippen LogP contribution >= 0.6 is 23.1 Å². The van der Waals surface area contributed by atoms with Crippen LogP contribution in [0.15, 0.2) is 109 Å². The van der Waals surface area contributed by atoms with Crippen LogP contribution in [0.3, 0.4) is 0 Å². The Balaban J connectivity index is 1.51. The highest BCUT2D eigenvalue weighted by molar-refractivity contribution is 7.99. The fourth-order valence-corrected chi connectivity index (χ4v) is 6.30. The van der Waals surface area contributed by atoms with Crippen molar-refractivity contribution in [2.45, 2.75) is 30.1 Å². The summed E-state index contributed by atoms with van der Waals surface area (Å²) in [6.07, 6.45) is 3.32. The number of aryl methyl sites for hydroxylation is 1. The second-order valence-corrected chi connectivity index (χ2v) is 11.2. The van der Waals surface area contributed by atoms with Crippen molar-refractivity contribution in [2.75, 3.05) is 6.61 Å². The number of rotatable bonds is 7. The first kappa shape index (κ1) is 27.6. The van der Waals surface area contributed by atoms with E-state index in [1.165, 1.54) is 39.8 Å². The van der Waals surface area contributed by atoms with Crippen molar-refractivity contribution >= 4 is 40.8 Å². The van der Waals surface area contributed by atoms with Gasteiger partial charge in [-0.3, -0.25) is 9.36 Å². The number of carbonyl (C=O) groups is 1.